The Balaban J connectivity index is 1.09. The monoisotopic (exact) mass is 927 g/mol. The largest absolute Gasteiger partial charge is 0.481 e. The molecule has 5 aliphatic carbocycles. The Morgan fingerprint density at radius 3 is 1.88 bits per heavy atom. The molecule has 0 radical (unpaired) electrons. The van der Waals surface area contributed by atoms with Crippen LogP contribution >= 0.6 is 0 Å². The Kier molecular flexibility index (Phi) is 13.4. The Hall–Kier alpha value is -1.39. The fraction of sp³-hybridized carbons (Fsp3) is 0.938. The summed E-state index contributed by atoms with van der Waals surface area (Å²) in [6.07, 6.45) is -13.6. The summed E-state index contributed by atoms with van der Waals surface area (Å²) < 4.78 is 37.3. The first-order valence-corrected chi connectivity index (χ1v) is 24.2. The van der Waals surface area contributed by atoms with Gasteiger partial charge in [0.2, 0.25) is 0 Å². The van der Waals surface area contributed by atoms with Gasteiger partial charge in [0, 0.05) is 0 Å². The van der Waals surface area contributed by atoms with E-state index in [1.54, 1.807) is 0 Å². The smallest absolute Gasteiger partial charge is 0.310 e. The van der Waals surface area contributed by atoms with Gasteiger partial charge in [-0.3, -0.25) is 4.79 Å². The number of aliphatic carboxylic acids is 1. The van der Waals surface area contributed by atoms with Crippen LogP contribution in [0.15, 0.2) is 11.6 Å². The zero-order chi connectivity index (χ0) is 47.6. The van der Waals surface area contributed by atoms with E-state index in [-0.39, 0.29) is 33.5 Å². The van der Waals surface area contributed by atoms with Crippen molar-refractivity contribution in [3.05, 3.63) is 11.6 Å². The molecule has 8 aliphatic rings. The predicted molar refractivity (Wildman–Crippen MR) is 229 cm³/mol. The molecular formula is C48H78O17. The molecule has 0 bridgehead atoms. The third-order valence-electron chi connectivity index (χ3n) is 19.3. The SMILES string of the molecule is C[C@@H]1O[C@@H](O[C@H]2[C@H](O[C@H]3CC[C@]4(C)[C@H]5CC=C6[C@@H]7CC(C)(C)CC[C@]7(C(=O)O)CC[C@@]6(C)[C@]5(C)CC[C@H]4C3(C)C)O[C@H](CO)[C@H](O)[C@@H]2O[C@@H]2O[C@H](CO)[C@@H](O)[C@H](O)[C@H]2O)[C@H](O)[C@H](O)[C@H]1O. The summed E-state index contributed by atoms with van der Waals surface area (Å²) in [6.45, 7) is 16.3. The van der Waals surface area contributed by atoms with Crippen molar-refractivity contribution in [2.24, 2.45) is 50.2 Å². The lowest BCUT2D eigenvalue weighted by molar-refractivity contribution is -0.398. The third kappa shape index (κ3) is 7.81. The molecule has 17 nitrogen and oxygen atoms in total. The lowest BCUT2D eigenvalue weighted by Gasteiger charge is -2.71. The standard InChI is InChI=1S/C48H78O17/c1-22-30(51)33(54)35(56)39(60-22)65-38-37(64-40-36(57)34(55)31(52)25(20-49)61-40)32(53)26(21-50)62-41(38)63-29-12-13-45(6)27(44(29,4)5)11-14-47(8)28(45)10-9-23-24-19-43(2,3)15-17-48(24,42(58)59)18-16-46(23,47)7/h9,22,24-41,49-57H,10-21H2,1-8H3,(H,58,59)/t22-,24-,25+,26+,27-,28+,29-,30-,31+,32-,33+,34-,35+,36+,37-,38+,39-,40-,41-,45-,46+,47+,48-/m0/s1. The molecule has 17 heteroatoms. The van der Waals surface area contributed by atoms with Crippen LogP contribution in [0.2, 0.25) is 0 Å². The van der Waals surface area contributed by atoms with Crippen molar-refractivity contribution in [2.45, 2.75) is 218 Å². The number of carboxylic acids is 1. The van der Waals surface area contributed by atoms with Gasteiger partial charge in [-0.25, -0.2) is 0 Å². The highest BCUT2D eigenvalue weighted by Crippen LogP contribution is 2.76. The number of fused-ring (bicyclic) bond motifs is 7. The molecule has 8 rings (SSSR count). The molecule has 0 aromatic rings. The van der Waals surface area contributed by atoms with Crippen molar-refractivity contribution >= 4 is 5.97 Å². The van der Waals surface area contributed by atoms with Gasteiger partial charge >= 0.3 is 5.97 Å². The van der Waals surface area contributed by atoms with Crippen LogP contribution in [0.3, 0.4) is 0 Å². The molecule has 65 heavy (non-hydrogen) atoms. The van der Waals surface area contributed by atoms with Crippen LogP contribution in [-0.4, -0.2) is 168 Å². The number of hydrogen-bond donors (Lipinski definition) is 10. The van der Waals surface area contributed by atoms with Gasteiger partial charge in [0.15, 0.2) is 18.9 Å². The Bertz CT molecular complexity index is 1780. The molecule has 3 heterocycles. The summed E-state index contributed by atoms with van der Waals surface area (Å²) >= 11 is 0. The second kappa shape index (κ2) is 17.5. The summed E-state index contributed by atoms with van der Waals surface area (Å²) in [4.78, 5) is 13.2. The first-order chi connectivity index (χ1) is 30.3. The van der Waals surface area contributed by atoms with Gasteiger partial charge in [-0.15, -0.1) is 0 Å². The first kappa shape index (κ1) is 50.0. The lowest BCUT2D eigenvalue weighted by atomic mass is 9.33. The van der Waals surface area contributed by atoms with E-state index in [0.29, 0.717) is 25.2 Å². The number of carboxylic acid groups (broad SMARTS) is 1. The van der Waals surface area contributed by atoms with Crippen LogP contribution < -0.4 is 0 Å². The number of aliphatic hydroxyl groups excluding tert-OH is 9. The van der Waals surface area contributed by atoms with Crippen molar-refractivity contribution in [3.8, 4) is 0 Å². The molecule has 3 saturated heterocycles. The normalized spacial score (nSPS) is 54.0. The highest BCUT2D eigenvalue weighted by molar-refractivity contribution is 5.76. The molecule has 0 aromatic carbocycles. The van der Waals surface area contributed by atoms with Crippen LogP contribution in [0.5, 0.6) is 0 Å². The number of ether oxygens (including phenoxy) is 6. The van der Waals surface area contributed by atoms with Crippen molar-refractivity contribution in [1.29, 1.82) is 0 Å². The second-order valence-corrected chi connectivity index (χ2v) is 23.5. The topological polar surface area (TPSA) is 275 Å². The fourth-order valence-corrected chi connectivity index (χ4v) is 15.1. The minimum absolute atomic E-state index is 0.00322. The van der Waals surface area contributed by atoms with Gasteiger partial charge in [0.25, 0.3) is 0 Å². The van der Waals surface area contributed by atoms with E-state index in [4.69, 9.17) is 28.4 Å². The number of carbonyl (C=O) groups is 1. The molecule has 0 unspecified atom stereocenters. The highest BCUT2D eigenvalue weighted by atomic mass is 16.8. The molecule has 3 aliphatic heterocycles. The van der Waals surface area contributed by atoms with Crippen LogP contribution in [0.25, 0.3) is 0 Å². The van der Waals surface area contributed by atoms with Gasteiger partial charge in [-0.1, -0.05) is 60.1 Å². The molecule has 372 valence electrons. The van der Waals surface area contributed by atoms with Crippen molar-refractivity contribution < 1.29 is 84.3 Å². The Labute approximate surface area is 382 Å². The average Bonchev–Trinajstić information content (AvgIpc) is 3.24. The molecule has 7 fully saturated rings. The molecule has 4 saturated carbocycles. The van der Waals surface area contributed by atoms with Crippen LogP contribution in [0.1, 0.15) is 120 Å². The van der Waals surface area contributed by atoms with Crippen molar-refractivity contribution in [2.75, 3.05) is 13.2 Å². The van der Waals surface area contributed by atoms with Crippen LogP contribution in [-0.2, 0) is 33.2 Å². The van der Waals surface area contributed by atoms with Gasteiger partial charge < -0.3 is 79.5 Å². The fourth-order valence-electron chi connectivity index (χ4n) is 15.1. The van der Waals surface area contributed by atoms with Gasteiger partial charge in [0.05, 0.1) is 30.8 Å². The van der Waals surface area contributed by atoms with Crippen LogP contribution in [0, 0.1) is 50.2 Å². The number of hydrogen-bond acceptors (Lipinski definition) is 16. The van der Waals surface area contributed by atoms with Crippen molar-refractivity contribution in [1.82, 2.24) is 0 Å². The average molecular weight is 927 g/mol. The summed E-state index contributed by atoms with van der Waals surface area (Å²) in [5.41, 5.74) is -0.188. The predicted octanol–water partition coefficient (Wildman–Crippen LogP) is 1.73. The molecule has 23 atom stereocenters. The minimum atomic E-state index is -1.87. The summed E-state index contributed by atoms with van der Waals surface area (Å²) in [5, 5.41) is 107. The highest BCUT2D eigenvalue weighted by Gasteiger charge is 2.70. The summed E-state index contributed by atoms with van der Waals surface area (Å²) in [5.74, 6) is -0.190. The molecule has 0 spiro atoms. The lowest BCUT2D eigenvalue weighted by Crippen LogP contribution is -2.68. The zero-order valence-electron chi connectivity index (χ0n) is 39.4. The Morgan fingerprint density at radius 1 is 0.646 bits per heavy atom. The van der Waals surface area contributed by atoms with E-state index in [9.17, 15) is 55.9 Å². The van der Waals surface area contributed by atoms with E-state index in [0.717, 1.165) is 44.9 Å². The molecular weight excluding hydrogens is 849 g/mol. The quantitative estimate of drug-likeness (QED) is 0.117. The van der Waals surface area contributed by atoms with Crippen molar-refractivity contribution in [3.63, 3.8) is 0 Å². The third-order valence-corrected chi connectivity index (χ3v) is 19.3. The van der Waals surface area contributed by atoms with E-state index in [2.05, 4.69) is 54.5 Å². The molecule has 10 N–H and O–H groups in total. The zero-order valence-corrected chi connectivity index (χ0v) is 39.4. The first-order valence-electron chi connectivity index (χ1n) is 24.2. The molecule has 0 amide bonds. The maximum absolute atomic E-state index is 13.2. The maximum Gasteiger partial charge on any atom is 0.310 e. The summed E-state index contributed by atoms with van der Waals surface area (Å²) in [6, 6.07) is 0. The maximum atomic E-state index is 13.2. The summed E-state index contributed by atoms with van der Waals surface area (Å²) in [7, 11) is 0. The number of rotatable bonds is 9. The van der Waals surface area contributed by atoms with Crippen LogP contribution in [0.4, 0.5) is 0 Å². The number of allylic oxidation sites excluding steroid dienone is 2. The number of aliphatic hydroxyl groups is 9. The van der Waals surface area contributed by atoms with E-state index in [1.807, 2.05) is 0 Å². The Morgan fingerprint density at radius 2 is 1.23 bits per heavy atom. The minimum Gasteiger partial charge on any atom is -0.481 e. The molecule has 0 aromatic heterocycles. The van der Waals surface area contributed by atoms with E-state index >= 15 is 0 Å². The van der Waals surface area contributed by atoms with E-state index in [1.165, 1.54) is 12.5 Å². The van der Waals surface area contributed by atoms with Gasteiger partial charge in [-0.2, -0.15) is 0 Å². The second-order valence-electron chi connectivity index (χ2n) is 23.5. The van der Waals surface area contributed by atoms with Gasteiger partial charge in [-0.05, 0) is 116 Å². The van der Waals surface area contributed by atoms with E-state index < -0.39 is 128 Å². The van der Waals surface area contributed by atoms with Gasteiger partial charge in [0.1, 0.15) is 67.1 Å².